The van der Waals surface area contributed by atoms with Gasteiger partial charge in [-0.15, -0.1) is 0 Å². The summed E-state index contributed by atoms with van der Waals surface area (Å²) in [7, 11) is 0. The third kappa shape index (κ3) is 3.33. The molecule has 0 amide bonds. The van der Waals surface area contributed by atoms with E-state index in [1.807, 2.05) is 0 Å². The molecule has 0 bridgehead atoms. The maximum atomic E-state index is 5.80. The predicted molar refractivity (Wildman–Crippen MR) is 77.2 cm³/mol. The highest BCUT2D eigenvalue weighted by Crippen LogP contribution is 2.25. The molecule has 2 heteroatoms. The van der Waals surface area contributed by atoms with Crippen LogP contribution in [0.25, 0.3) is 0 Å². The molecule has 1 aliphatic heterocycles. The first-order valence-corrected chi connectivity index (χ1v) is 7.20. The van der Waals surface area contributed by atoms with Crippen LogP contribution in [-0.2, 0) is 13.1 Å². The normalized spacial score (nSPS) is 18.4. The van der Waals surface area contributed by atoms with Gasteiger partial charge >= 0.3 is 0 Å². The standard InChI is InChI=1S/C16H26N2/c1-13(2)14-7-9-18(10-8-14)12-16-6-4-3-5-15(16)11-17/h3-6,13-14H,7-12,17H2,1-2H3. The molecule has 0 atom stereocenters. The maximum absolute atomic E-state index is 5.80. The average Bonchev–Trinajstić information content (AvgIpc) is 2.40. The molecular formula is C16H26N2. The highest BCUT2D eigenvalue weighted by atomic mass is 15.1. The van der Waals surface area contributed by atoms with Crippen LogP contribution >= 0.6 is 0 Å². The number of piperidine rings is 1. The lowest BCUT2D eigenvalue weighted by atomic mass is 9.86. The van der Waals surface area contributed by atoms with E-state index in [4.69, 9.17) is 5.73 Å². The summed E-state index contributed by atoms with van der Waals surface area (Å²) in [6.45, 7) is 8.90. The van der Waals surface area contributed by atoms with E-state index in [0.717, 1.165) is 18.4 Å². The quantitative estimate of drug-likeness (QED) is 0.885. The molecule has 2 rings (SSSR count). The lowest BCUT2D eigenvalue weighted by Crippen LogP contribution is -2.35. The average molecular weight is 246 g/mol. The molecule has 0 aromatic heterocycles. The second kappa shape index (κ2) is 6.35. The van der Waals surface area contributed by atoms with E-state index in [9.17, 15) is 0 Å². The van der Waals surface area contributed by atoms with Crippen molar-refractivity contribution in [3.05, 3.63) is 35.4 Å². The van der Waals surface area contributed by atoms with E-state index >= 15 is 0 Å². The maximum Gasteiger partial charge on any atom is 0.0236 e. The molecule has 1 aromatic carbocycles. The Hall–Kier alpha value is -0.860. The second-order valence-electron chi connectivity index (χ2n) is 5.83. The van der Waals surface area contributed by atoms with E-state index in [1.54, 1.807) is 0 Å². The van der Waals surface area contributed by atoms with Crippen molar-refractivity contribution in [2.45, 2.75) is 39.8 Å². The van der Waals surface area contributed by atoms with Crippen LogP contribution in [0.2, 0.25) is 0 Å². The molecular weight excluding hydrogens is 220 g/mol. The summed E-state index contributed by atoms with van der Waals surface area (Å²) in [5.41, 5.74) is 8.50. The van der Waals surface area contributed by atoms with Gasteiger partial charge in [-0.1, -0.05) is 38.1 Å². The highest BCUT2D eigenvalue weighted by molar-refractivity contribution is 5.26. The molecule has 1 fully saturated rings. The summed E-state index contributed by atoms with van der Waals surface area (Å²) in [5, 5.41) is 0. The van der Waals surface area contributed by atoms with E-state index < -0.39 is 0 Å². The van der Waals surface area contributed by atoms with Crippen molar-refractivity contribution in [2.24, 2.45) is 17.6 Å². The molecule has 0 aliphatic carbocycles. The zero-order chi connectivity index (χ0) is 13.0. The van der Waals surface area contributed by atoms with Crippen LogP contribution in [0, 0.1) is 11.8 Å². The van der Waals surface area contributed by atoms with Crippen LogP contribution in [-0.4, -0.2) is 18.0 Å². The van der Waals surface area contributed by atoms with Crippen molar-refractivity contribution in [3.8, 4) is 0 Å². The van der Waals surface area contributed by atoms with Crippen molar-refractivity contribution in [3.63, 3.8) is 0 Å². The molecule has 0 spiro atoms. The van der Waals surface area contributed by atoms with Crippen molar-refractivity contribution >= 4 is 0 Å². The topological polar surface area (TPSA) is 29.3 Å². The van der Waals surface area contributed by atoms with Gasteiger partial charge in [0.25, 0.3) is 0 Å². The van der Waals surface area contributed by atoms with Crippen molar-refractivity contribution < 1.29 is 0 Å². The van der Waals surface area contributed by atoms with E-state index in [0.29, 0.717) is 6.54 Å². The Morgan fingerprint density at radius 1 is 1.17 bits per heavy atom. The molecule has 1 aliphatic rings. The minimum Gasteiger partial charge on any atom is -0.326 e. The summed E-state index contributed by atoms with van der Waals surface area (Å²) in [5.74, 6) is 1.76. The first kappa shape index (κ1) is 13.6. The summed E-state index contributed by atoms with van der Waals surface area (Å²) >= 11 is 0. The van der Waals surface area contributed by atoms with E-state index in [2.05, 4.69) is 43.0 Å². The number of hydrogen-bond acceptors (Lipinski definition) is 2. The second-order valence-corrected chi connectivity index (χ2v) is 5.83. The number of benzene rings is 1. The Kier molecular flexibility index (Phi) is 4.79. The lowest BCUT2D eigenvalue weighted by molar-refractivity contribution is 0.151. The van der Waals surface area contributed by atoms with Gasteiger partial charge < -0.3 is 5.73 Å². The number of nitrogens with two attached hydrogens (primary N) is 1. The van der Waals surface area contributed by atoms with Gasteiger partial charge in [-0.2, -0.15) is 0 Å². The van der Waals surface area contributed by atoms with Gasteiger partial charge in [-0.3, -0.25) is 4.90 Å². The number of rotatable bonds is 4. The minimum absolute atomic E-state index is 0.651. The Labute approximate surface area is 111 Å². The van der Waals surface area contributed by atoms with Crippen molar-refractivity contribution in [1.82, 2.24) is 4.90 Å². The fourth-order valence-corrected chi connectivity index (χ4v) is 2.93. The third-order valence-electron chi connectivity index (χ3n) is 4.31. The number of nitrogens with zero attached hydrogens (tertiary/aromatic N) is 1. The van der Waals surface area contributed by atoms with Crippen LogP contribution in [0.4, 0.5) is 0 Å². The molecule has 0 unspecified atom stereocenters. The molecule has 0 saturated carbocycles. The Morgan fingerprint density at radius 2 is 1.78 bits per heavy atom. The Bertz CT molecular complexity index is 365. The molecule has 0 radical (unpaired) electrons. The van der Waals surface area contributed by atoms with Gasteiger partial charge in [-0.25, -0.2) is 0 Å². The third-order valence-corrected chi connectivity index (χ3v) is 4.31. The molecule has 1 aromatic rings. The van der Waals surface area contributed by atoms with Gasteiger partial charge in [0.2, 0.25) is 0 Å². The monoisotopic (exact) mass is 246 g/mol. The summed E-state index contributed by atoms with van der Waals surface area (Å²) < 4.78 is 0. The molecule has 100 valence electrons. The van der Waals surface area contributed by atoms with Gasteiger partial charge in [-0.05, 0) is 48.9 Å². The fourth-order valence-electron chi connectivity index (χ4n) is 2.93. The first-order valence-electron chi connectivity index (χ1n) is 7.20. The van der Waals surface area contributed by atoms with Crippen LogP contribution in [0.1, 0.15) is 37.8 Å². The van der Waals surface area contributed by atoms with Crippen molar-refractivity contribution in [2.75, 3.05) is 13.1 Å². The van der Waals surface area contributed by atoms with Crippen LogP contribution in [0.3, 0.4) is 0 Å². The summed E-state index contributed by atoms with van der Waals surface area (Å²) in [4.78, 5) is 2.58. The smallest absolute Gasteiger partial charge is 0.0236 e. The van der Waals surface area contributed by atoms with E-state index in [-0.39, 0.29) is 0 Å². The molecule has 1 saturated heterocycles. The van der Waals surface area contributed by atoms with Gasteiger partial charge in [0, 0.05) is 13.1 Å². The highest BCUT2D eigenvalue weighted by Gasteiger charge is 2.21. The van der Waals surface area contributed by atoms with Gasteiger partial charge in [0.1, 0.15) is 0 Å². The minimum atomic E-state index is 0.651. The number of hydrogen-bond donors (Lipinski definition) is 1. The van der Waals surface area contributed by atoms with Crippen molar-refractivity contribution in [1.29, 1.82) is 0 Å². The molecule has 1 heterocycles. The Balaban J connectivity index is 1.91. The Morgan fingerprint density at radius 3 is 2.33 bits per heavy atom. The first-order chi connectivity index (χ1) is 8.70. The predicted octanol–water partition coefficient (Wildman–Crippen LogP) is 3.01. The summed E-state index contributed by atoms with van der Waals surface area (Å²) in [6.07, 6.45) is 2.70. The summed E-state index contributed by atoms with van der Waals surface area (Å²) in [6, 6.07) is 8.57. The number of likely N-dealkylation sites (tertiary alicyclic amines) is 1. The largest absolute Gasteiger partial charge is 0.326 e. The van der Waals surface area contributed by atoms with Gasteiger partial charge in [0.05, 0.1) is 0 Å². The SMILES string of the molecule is CC(C)C1CCN(Cc2ccccc2CN)CC1. The van der Waals surface area contributed by atoms with Crippen LogP contribution in [0.15, 0.2) is 24.3 Å². The van der Waals surface area contributed by atoms with Crippen LogP contribution in [0.5, 0.6) is 0 Å². The van der Waals surface area contributed by atoms with Crippen LogP contribution < -0.4 is 5.73 Å². The molecule has 2 nitrogen and oxygen atoms in total. The zero-order valence-corrected chi connectivity index (χ0v) is 11.7. The fraction of sp³-hybridized carbons (Fsp3) is 0.625. The zero-order valence-electron chi connectivity index (χ0n) is 11.7. The van der Waals surface area contributed by atoms with E-state index in [1.165, 1.54) is 37.1 Å². The lowest BCUT2D eigenvalue weighted by Gasteiger charge is -2.34. The molecule has 18 heavy (non-hydrogen) atoms. The molecule has 2 N–H and O–H groups in total. The van der Waals surface area contributed by atoms with Gasteiger partial charge in [0.15, 0.2) is 0 Å².